The minimum absolute atomic E-state index is 0.0384. The van der Waals surface area contributed by atoms with Crippen LogP contribution < -0.4 is 19.7 Å². The Balaban J connectivity index is 1.46. The van der Waals surface area contributed by atoms with Crippen molar-refractivity contribution >= 4 is 5.91 Å². The van der Waals surface area contributed by atoms with Gasteiger partial charge in [0.25, 0.3) is 5.91 Å². The van der Waals surface area contributed by atoms with E-state index in [1.54, 1.807) is 0 Å². The van der Waals surface area contributed by atoms with Crippen LogP contribution in [0.4, 0.5) is 0 Å². The molecule has 1 atom stereocenters. The molecule has 1 heterocycles. The third-order valence-electron chi connectivity index (χ3n) is 4.71. The predicted octanol–water partition coefficient (Wildman–Crippen LogP) is 2.04. The van der Waals surface area contributed by atoms with Crippen LogP contribution in [0.2, 0.25) is 0 Å². The molecule has 0 bridgehead atoms. The summed E-state index contributed by atoms with van der Waals surface area (Å²) in [7, 11) is 2.04. The van der Waals surface area contributed by atoms with Gasteiger partial charge < -0.3 is 19.7 Å². The zero-order valence-corrected chi connectivity index (χ0v) is 16.6. The lowest BCUT2D eigenvalue weighted by Gasteiger charge is -2.19. The molecule has 5 heteroatoms. The molecule has 1 aliphatic heterocycles. The number of benzene rings is 2. The molecule has 0 aromatic heterocycles. The highest BCUT2D eigenvalue weighted by Gasteiger charge is 2.16. The lowest BCUT2D eigenvalue weighted by molar-refractivity contribution is -0.885. The zero-order valence-electron chi connectivity index (χ0n) is 16.6. The van der Waals surface area contributed by atoms with Gasteiger partial charge in [-0.2, -0.15) is 0 Å². The van der Waals surface area contributed by atoms with Crippen molar-refractivity contribution in [3.05, 3.63) is 59.2 Å². The first-order chi connectivity index (χ1) is 12.8. The summed E-state index contributed by atoms with van der Waals surface area (Å²) in [5, 5.41) is 2.98. The highest BCUT2D eigenvalue weighted by molar-refractivity contribution is 5.76. The monoisotopic (exact) mass is 369 g/mol. The van der Waals surface area contributed by atoms with Crippen LogP contribution in [0.1, 0.15) is 37.5 Å². The SMILES string of the molecule is C[NH+](CC(=O)NCc1ccc2c(c1)OCO2)Cc1ccc(C(C)(C)C)cc1. The van der Waals surface area contributed by atoms with E-state index >= 15 is 0 Å². The average molecular weight is 369 g/mol. The number of likely N-dealkylation sites (N-methyl/N-ethyl adjacent to an activating group) is 1. The van der Waals surface area contributed by atoms with E-state index in [4.69, 9.17) is 9.47 Å². The van der Waals surface area contributed by atoms with E-state index in [-0.39, 0.29) is 18.1 Å². The number of hydrogen-bond acceptors (Lipinski definition) is 3. The first kappa shape index (κ1) is 19.2. The van der Waals surface area contributed by atoms with Gasteiger partial charge in [-0.3, -0.25) is 4.79 Å². The van der Waals surface area contributed by atoms with Crippen LogP contribution in [0.15, 0.2) is 42.5 Å². The van der Waals surface area contributed by atoms with Crippen molar-refractivity contribution in [2.45, 2.75) is 39.3 Å². The molecule has 27 heavy (non-hydrogen) atoms. The summed E-state index contributed by atoms with van der Waals surface area (Å²) in [6.45, 7) is 8.64. The number of fused-ring (bicyclic) bond motifs is 1. The van der Waals surface area contributed by atoms with Crippen molar-refractivity contribution in [2.24, 2.45) is 0 Å². The minimum atomic E-state index is 0.0384. The number of carbonyl (C=O) groups is 1. The lowest BCUT2D eigenvalue weighted by Crippen LogP contribution is -3.08. The summed E-state index contributed by atoms with van der Waals surface area (Å²) in [5.41, 5.74) is 3.73. The summed E-state index contributed by atoms with van der Waals surface area (Å²) >= 11 is 0. The fourth-order valence-electron chi connectivity index (χ4n) is 3.12. The Morgan fingerprint density at radius 3 is 2.41 bits per heavy atom. The maximum absolute atomic E-state index is 12.2. The third kappa shape index (κ3) is 5.23. The summed E-state index contributed by atoms with van der Waals surface area (Å²) in [6.07, 6.45) is 0. The van der Waals surface area contributed by atoms with Gasteiger partial charge >= 0.3 is 0 Å². The maximum Gasteiger partial charge on any atom is 0.275 e. The Kier molecular flexibility index (Phi) is 5.71. The molecule has 0 radical (unpaired) electrons. The molecule has 3 rings (SSSR count). The standard InChI is InChI=1S/C22H28N2O3/c1-22(2,3)18-8-5-16(6-9-18)13-24(4)14-21(25)23-12-17-7-10-19-20(11-17)27-15-26-19/h5-11H,12-15H2,1-4H3,(H,23,25)/p+1. The number of nitrogens with one attached hydrogen (secondary N) is 2. The van der Waals surface area contributed by atoms with Gasteiger partial charge in [0, 0.05) is 12.1 Å². The van der Waals surface area contributed by atoms with Crippen LogP contribution in [0.5, 0.6) is 11.5 Å². The molecule has 0 spiro atoms. The first-order valence-electron chi connectivity index (χ1n) is 9.37. The smallest absolute Gasteiger partial charge is 0.275 e. The van der Waals surface area contributed by atoms with Gasteiger partial charge in [0.1, 0.15) is 6.54 Å². The van der Waals surface area contributed by atoms with Crippen molar-refractivity contribution in [1.82, 2.24) is 5.32 Å². The van der Waals surface area contributed by atoms with Crippen LogP contribution >= 0.6 is 0 Å². The van der Waals surface area contributed by atoms with Crippen LogP contribution in [0.3, 0.4) is 0 Å². The van der Waals surface area contributed by atoms with Crippen LogP contribution in [0.25, 0.3) is 0 Å². The predicted molar refractivity (Wildman–Crippen MR) is 105 cm³/mol. The van der Waals surface area contributed by atoms with Gasteiger partial charge in [0.15, 0.2) is 18.0 Å². The molecule has 144 valence electrons. The van der Waals surface area contributed by atoms with E-state index in [9.17, 15) is 4.79 Å². The highest BCUT2D eigenvalue weighted by Crippen LogP contribution is 2.32. The molecule has 0 saturated carbocycles. The van der Waals surface area contributed by atoms with Crippen molar-refractivity contribution in [1.29, 1.82) is 0 Å². The van der Waals surface area contributed by atoms with Crippen molar-refractivity contribution in [3.63, 3.8) is 0 Å². The second-order valence-corrected chi connectivity index (χ2v) is 8.22. The quantitative estimate of drug-likeness (QED) is 0.819. The number of hydrogen-bond donors (Lipinski definition) is 2. The van der Waals surface area contributed by atoms with Crippen molar-refractivity contribution in [2.75, 3.05) is 20.4 Å². The van der Waals surface area contributed by atoms with Crippen LogP contribution in [-0.4, -0.2) is 26.3 Å². The summed E-state index contributed by atoms with van der Waals surface area (Å²) in [5.74, 6) is 1.53. The van der Waals surface area contributed by atoms with E-state index < -0.39 is 0 Å². The lowest BCUT2D eigenvalue weighted by atomic mass is 9.87. The highest BCUT2D eigenvalue weighted by atomic mass is 16.7. The molecular weight excluding hydrogens is 340 g/mol. The second-order valence-electron chi connectivity index (χ2n) is 8.22. The van der Waals surface area contributed by atoms with Crippen LogP contribution in [0, 0.1) is 0 Å². The van der Waals surface area contributed by atoms with E-state index in [2.05, 4.69) is 50.4 Å². The van der Waals surface area contributed by atoms with E-state index in [1.807, 2.05) is 25.2 Å². The number of carbonyl (C=O) groups excluding carboxylic acids is 1. The fraction of sp³-hybridized carbons (Fsp3) is 0.409. The van der Waals surface area contributed by atoms with E-state index in [1.165, 1.54) is 11.1 Å². The van der Waals surface area contributed by atoms with Gasteiger partial charge in [0.2, 0.25) is 6.79 Å². The molecule has 0 saturated heterocycles. The van der Waals surface area contributed by atoms with Gasteiger partial charge in [-0.25, -0.2) is 0 Å². The van der Waals surface area contributed by atoms with Crippen molar-refractivity contribution in [3.8, 4) is 11.5 Å². The second kappa shape index (κ2) is 8.01. The molecule has 0 fully saturated rings. The summed E-state index contributed by atoms with van der Waals surface area (Å²) < 4.78 is 10.7. The van der Waals surface area contributed by atoms with Crippen molar-refractivity contribution < 1.29 is 19.2 Å². The third-order valence-corrected chi connectivity index (χ3v) is 4.71. The number of rotatable bonds is 6. The Morgan fingerprint density at radius 2 is 1.70 bits per heavy atom. The summed E-state index contributed by atoms with van der Waals surface area (Å²) in [6, 6.07) is 14.4. The van der Waals surface area contributed by atoms with Gasteiger partial charge in [-0.05, 0) is 28.7 Å². The molecule has 5 nitrogen and oxygen atoms in total. The molecule has 2 aromatic carbocycles. The minimum Gasteiger partial charge on any atom is -0.454 e. The molecule has 2 aromatic rings. The largest absolute Gasteiger partial charge is 0.454 e. The van der Waals surface area contributed by atoms with E-state index in [0.717, 1.165) is 28.5 Å². The summed E-state index contributed by atoms with van der Waals surface area (Å²) in [4.78, 5) is 13.4. The molecule has 1 aliphatic rings. The topological polar surface area (TPSA) is 52.0 Å². The van der Waals surface area contributed by atoms with Gasteiger partial charge in [0.05, 0.1) is 7.05 Å². The molecule has 1 unspecified atom stereocenters. The van der Waals surface area contributed by atoms with Gasteiger partial charge in [-0.1, -0.05) is 51.1 Å². The molecule has 0 aliphatic carbocycles. The molecule has 1 amide bonds. The Bertz CT molecular complexity index is 794. The Hall–Kier alpha value is -2.53. The number of quaternary nitrogens is 1. The Morgan fingerprint density at radius 1 is 1.04 bits per heavy atom. The van der Waals surface area contributed by atoms with Gasteiger partial charge in [-0.15, -0.1) is 0 Å². The number of ether oxygens (including phenoxy) is 2. The van der Waals surface area contributed by atoms with E-state index in [0.29, 0.717) is 13.1 Å². The normalized spacial score (nSPS) is 14.1. The number of amides is 1. The molecular formula is C22H29N2O3+. The zero-order chi connectivity index (χ0) is 19.4. The Labute approximate surface area is 161 Å². The average Bonchev–Trinajstić information content (AvgIpc) is 3.07. The molecule has 2 N–H and O–H groups in total. The first-order valence-corrected chi connectivity index (χ1v) is 9.37. The fourth-order valence-corrected chi connectivity index (χ4v) is 3.12. The maximum atomic E-state index is 12.2. The van der Waals surface area contributed by atoms with Crippen LogP contribution in [-0.2, 0) is 23.3 Å².